The van der Waals surface area contributed by atoms with Gasteiger partial charge in [0.15, 0.2) is 5.78 Å². The molecule has 0 aliphatic rings. The fourth-order valence-corrected chi connectivity index (χ4v) is 2.90. The van der Waals surface area contributed by atoms with Gasteiger partial charge in [-0.1, -0.05) is 31.9 Å². The second-order valence-electron chi connectivity index (χ2n) is 4.51. The minimum atomic E-state index is -0.0974. The molecule has 0 radical (unpaired) electrons. The summed E-state index contributed by atoms with van der Waals surface area (Å²) in [4.78, 5) is 12.7. The maximum atomic E-state index is 12.7. The van der Waals surface area contributed by atoms with E-state index in [0.29, 0.717) is 22.6 Å². The van der Waals surface area contributed by atoms with E-state index in [1.54, 1.807) is 32.4 Å². The Kier molecular flexibility index (Phi) is 5.06. The average molecular weight is 414 g/mol. The van der Waals surface area contributed by atoms with Crippen LogP contribution in [0, 0.1) is 6.92 Å². The van der Waals surface area contributed by atoms with Crippen LogP contribution in [0.15, 0.2) is 39.3 Å². The first kappa shape index (κ1) is 16.0. The average Bonchev–Trinajstić information content (AvgIpc) is 2.49. The summed E-state index contributed by atoms with van der Waals surface area (Å²) >= 11 is 6.90. The van der Waals surface area contributed by atoms with Gasteiger partial charge in [-0.2, -0.15) is 0 Å². The van der Waals surface area contributed by atoms with Crippen LogP contribution in [-0.2, 0) is 0 Å². The van der Waals surface area contributed by atoms with Crippen LogP contribution in [0.25, 0.3) is 0 Å². The summed E-state index contributed by atoms with van der Waals surface area (Å²) in [5.41, 5.74) is 2.16. The minimum Gasteiger partial charge on any atom is -0.497 e. The largest absolute Gasteiger partial charge is 0.497 e. The van der Waals surface area contributed by atoms with Crippen LogP contribution in [-0.4, -0.2) is 20.0 Å². The zero-order chi connectivity index (χ0) is 15.6. The Balaban J connectivity index is 2.52. The summed E-state index contributed by atoms with van der Waals surface area (Å²) in [5, 5.41) is 0. The molecule has 0 heterocycles. The fourth-order valence-electron chi connectivity index (χ4n) is 1.91. The van der Waals surface area contributed by atoms with Gasteiger partial charge in [-0.3, -0.25) is 4.79 Å². The van der Waals surface area contributed by atoms with Crippen molar-refractivity contribution in [2.45, 2.75) is 6.92 Å². The highest BCUT2D eigenvalue weighted by molar-refractivity contribution is 9.11. The molecule has 21 heavy (non-hydrogen) atoms. The lowest BCUT2D eigenvalue weighted by Gasteiger charge is -2.10. The molecule has 0 N–H and O–H groups in total. The Morgan fingerprint density at radius 2 is 1.48 bits per heavy atom. The number of ketones is 1. The Bertz CT molecular complexity index is 674. The summed E-state index contributed by atoms with van der Waals surface area (Å²) < 4.78 is 12.1. The SMILES string of the molecule is COc1cc(OC)cc(C(=O)c2cc(Br)c(C)cc2Br)c1. The number of carbonyl (C=O) groups is 1. The van der Waals surface area contributed by atoms with Crippen LogP contribution < -0.4 is 9.47 Å². The molecule has 0 aliphatic heterocycles. The number of hydrogen-bond donors (Lipinski definition) is 0. The Morgan fingerprint density at radius 1 is 0.905 bits per heavy atom. The Labute approximate surface area is 140 Å². The molecule has 0 aromatic heterocycles. The van der Waals surface area contributed by atoms with Crippen molar-refractivity contribution in [1.82, 2.24) is 0 Å². The molecular formula is C16H14Br2O3. The van der Waals surface area contributed by atoms with Crippen molar-refractivity contribution in [1.29, 1.82) is 0 Å². The number of aryl methyl sites for hydroxylation is 1. The number of hydrogen-bond acceptors (Lipinski definition) is 3. The highest BCUT2D eigenvalue weighted by Gasteiger charge is 2.16. The molecule has 0 atom stereocenters. The monoisotopic (exact) mass is 412 g/mol. The van der Waals surface area contributed by atoms with Crippen LogP contribution in [0.2, 0.25) is 0 Å². The summed E-state index contributed by atoms with van der Waals surface area (Å²) in [5.74, 6) is 1.07. The maximum absolute atomic E-state index is 12.7. The van der Waals surface area contributed by atoms with Crippen molar-refractivity contribution < 1.29 is 14.3 Å². The molecule has 2 aromatic rings. The molecule has 0 bridgehead atoms. The molecule has 110 valence electrons. The quantitative estimate of drug-likeness (QED) is 0.677. The number of benzene rings is 2. The van der Waals surface area contributed by atoms with E-state index in [9.17, 15) is 4.79 Å². The third kappa shape index (κ3) is 3.47. The molecule has 0 aliphatic carbocycles. The van der Waals surface area contributed by atoms with E-state index < -0.39 is 0 Å². The van der Waals surface area contributed by atoms with E-state index >= 15 is 0 Å². The topological polar surface area (TPSA) is 35.5 Å². The zero-order valence-corrected chi connectivity index (χ0v) is 15.0. The molecule has 0 amide bonds. The summed E-state index contributed by atoms with van der Waals surface area (Å²) in [7, 11) is 3.11. The van der Waals surface area contributed by atoms with Crippen molar-refractivity contribution in [3.05, 3.63) is 56.0 Å². The molecule has 5 heteroatoms. The first-order chi connectivity index (χ1) is 9.96. The molecule has 2 aromatic carbocycles. The molecule has 0 fully saturated rings. The van der Waals surface area contributed by atoms with Gasteiger partial charge in [0.1, 0.15) is 11.5 Å². The summed E-state index contributed by atoms with van der Waals surface area (Å²) in [6.07, 6.45) is 0. The third-order valence-corrected chi connectivity index (χ3v) is 4.62. The molecule has 0 spiro atoms. The smallest absolute Gasteiger partial charge is 0.194 e. The number of halogens is 2. The van der Waals surface area contributed by atoms with Gasteiger partial charge < -0.3 is 9.47 Å². The van der Waals surface area contributed by atoms with E-state index in [1.807, 2.05) is 19.1 Å². The van der Waals surface area contributed by atoms with E-state index in [-0.39, 0.29) is 5.78 Å². The van der Waals surface area contributed by atoms with E-state index in [0.717, 1.165) is 14.5 Å². The van der Waals surface area contributed by atoms with Gasteiger partial charge in [0.05, 0.1) is 14.2 Å². The van der Waals surface area contributed by atoms with Crippen molar-refractivity contribution in [3.8, 4) is 11.5 Å². The van der Waals surface area contributed by atoms with Gasteiger partial charge in [-0.25, -0.2) is 0 Å². The van der Waals surface area contributed by atoms with Crippen LogP contribution in [0.5, 0.6) is 11.5 Å². The molecule has 0 saturated heterocycles. The van der Waals surface area contributed by atoms with E-state index in [1.165, 1.54) is 0 Å². The van der Waals surface area contributed by atoms with Crippen molar-refractivity contribution in [2.75, 3.05) is 14.2 Å². The lowest BCUT2D eigenvalue weighted by Crippen LogP contribution is -2.04. The standard InChI is InChI=1S/C16H14Br2O3/c1-9-4-15(18)13(8-14(9)17)16(19)10-5-11(20-2)7-12(6-10)21-3/h4-8H,1-3H3. The normalized spacial score (nSPS) is 10.3. The molecule has 0 saturated carbocycles. The van der Waals surface area contributed by atoms with Crippen molar-refractivity contribution in [3.63, 3.8) is 0 Å². The lowest BCUT2D eigenvalue weighted by atomic mass is 10.0. The van der Waals surface area contributed by atoms with E-state index in [4.69, 9.17) is 9.47 Å². The fraction of sp³-hybridized carbons (Fsp3) is 0.188. The molecular weight excluding hydrogens is 400 g/mol. The van der Waals surface area contributed by atoms with Gasteiger partial charge in [0, 0.05) is 26.1 Å². The molecule has 2 rings (SSSR count). The summed E-state index contributed by atoms with van der Waals surface area (Å²) in [6, 6.07) is 8.86. The first-order valence-corrected chi connectivity index (χ1v) is 7.78. The predicted octanol–water partition coefficient (Wildman–Crippen LogP) is 4.77. The minimum absolute atomic E-state index is 0.0974. The van der Waals surface area contributed by atoms with Gasteiger partial charge in [-0.05, 0) is 36.8 Å². The van der Waals surface area contributed by atoms with E-state index in [2.05, 4.69) is 31.9 Å². The number of rotatable bonds is 4. The molecule has 0 unspecified atom stereocenters. The highest BCUT2D eigenvalue weighted by atomic mass is 79.9. The third-order valence-electron chi connectivity index (χ3n) is 3.11. The van der Waals surface area contributed by atoms with Crippen molar-refractivity contribution >= 4 is 37.6 Å². The van der Waals surface area contributed by atoms with Gasteiger partial charge >= 0.3 is 0 Å². The van der Waals surface area contributed by atoms with Crippen LogP contribution in [0.3, 0.4) is 0 Å². The Morgan fingerprint density at radius 3 is 2.00 bits per heavy atom. The number of ether oxygens (including phenoxy) is 2. The highest BCUT2D eigenvalue weighted by Crippen LogP contribution is 2.30. The zero-order valence-electron chi connectivity index (χ0n) is 11.9. The Hall–Kier alpha value is -1.33. The van der Waals surface area contributed by atoms with Crippen LogP contribution in [0.4, 0.5) is 0 Å². The van der Waals surface area contributed by atoms with Gasteiger partial charge in [0.25, 0.3) is 0 Å². The lowest BCUT2D eigenvalue weighted by molar-refractivity contribution is 0.103. The maximum Gasteiger partial charge on any atom is 0.194 e. The number of carbonyl (C=O) groups excluding carboxylic acids is 1. The predicted molar refractivity (Wildman–Crippen MR) is 89.6 cm³/mol. The second-order valence-corrected chi connectivity index (χ2v) is 6.22. The van der Waals surface area contributed by atoms with Crippen molar-refractivity contribution in [2.24, 2.45) is 0 Å². The van der Waals surface area contributed by atoms with Gasteiger partial charge in [0.2, 0.25) is 0 Å². The van der Waals surface area contributed by atoms with Gasteiger partial charge in [-0.15, -0.1) is 0 Å². The first-order valence-electron chi connectivity index (χ1n) is 6.19. The summed E-state index contributed by atoms with van der Waals surface area (Å²) in [6.45, 7) is 1.97. The number of methoxy groups -OCH3 is 2. The van der Waals surface area contributed by atoms with Crippen LogP contribution in [0.1, 0.15) is 21.5 Å². The second kappa shape index (κ2) is 6.62. The van der Waals surface area contributed by atoms with Crippen LogP contribution >= 0.6 is 31.9 Å². The molecule has 3 nitrogen and oxygen atoms in total.